The highest BCUT2D eigenvalue weighted by atomic mass is 32.2. The summed E-state index contributed by atoms with van der Waals surface area (Å²) in [6.45, 7) is 12.0. The van der Waals surface area contributed by atoms with Gasteiger partial charge in [-0.15, -0.1) is 0 Å². The van der Waals surface area contributed by atoms with E-state index in [1.165, 1.54) is 0 Å². The summed E-state index contributed by atoms with van der Waals surface area (Å²) in [5.41, 5.74) is 2.83. The molecule has 0 fully saturated rings. The van der Waals surface area contributed by atoms with Gasteiger partial charge < -0.3 is 20.3 Å². The van der Waals surface area contributed by atoms with Gasteiger partial charge in [0.1, 0.15) is 17.7 Å². The van der Waals surface area contributed by atoms with Gasteiger partial charge in [-0.2, -0.15) is 11.8 Å². The van der Waals surface area contributed by atoms with Gasteiger partial charge in [-0.25, -0.2) is 4.79 Å². The predicted molar refractivity (Wildman–Crippen MR) is 175 cm³/mol. The van der Waals surface area contributed by atoms with Crippen LogP contribution in [0, 0.1) is 6.92 Å². The van der Waals surface area contributed by atoms with E-state index in [2.05, 4.69) is 24.5 Å². The van der Waals surface area contributed by atoms with Crippen molar-refractivity contribution in [2.24, 2.45) is 0 Å². The molecule has 3 amide bonds. The number of hydrogen-bond acceptors (Lipinski definition) is 5. The second kappa shape index (κ2) is 17.8. The van der Waals surface area contributed by atoms with E-state index in [1.54, 1.807) is 37.4 Å². The van der Waals surface area contributed by atoms with Crippen LogP contribution in [0.15, 0.2) is 48.5 Å². The lowest BCUT2D eigenvalue weighted by Gasteiger charge is -2.35. The zero-order valence-corrected chi connectivity index (χ0v) is 27.4. The summed E-state index contributed by atoms with van der Waals surface area (Å²) >= 11 is 1.60. The Bertz CT molecular complexity index is 1130. The molecule has 0 aliphatic rings. The number of para-hydroxylation sites is 1. The van der Waals surface area contributed by atoms with Crippen LogP contribution in [0.3, 0.4) is 0 Å². The smallest absolute Gasteiger partial charge is 0.408 e. The normalized spacial score (nSPS) is 12.7. The Labute approximate surface area is 257 Å². The number of ether oxygens (including phenoxy) is 1. The number of rotatable bonds is 16. The van der Waals surface area contributed by atoms with Gasteiger partial charge in [0.05, 0.1) is 0 Å². The van der Waals surface area contributed by atoms with Crippen LogP contribution in [0.2, 0.25) is 0 Å². The van der Waals surface area contributed by atoms with Gasteiger partial charge in [0.15, 0.2) is 0 Å². The maximum absolute atomic E-state index is 14.4. The fraction of sp³-hybridized carbons (Fsp3) is 0.559. The summed E-state index contributed by atoms with van der Waals surface area (Å²) < 4.78 is 5.51. The molecule has 2 atom stereocenters. The van der Waals surface area contributed by atoms with Crippen LogP contribution >= 0.6 is 11.8 Å². The standard InChI is InChI=1S/C34H51N3O4S/c1-8-10-11-12-15-23-37(32(39)29(22-24-42-7)36-33(40)41-34(4,5)6)30(27-20-18-26(9-2)19-21-27)31(38)35-28-17-14-13-16-25(28)3/h13-14,16-21,29-30H,8-12,15,22-24H2,1-7H3,(H,35,38)(H,36,40). The van der Waals surface area contributed by atoms with Crippen LogP contribution in [0.4, 0.5) is 10.5 Å². The van der Waals surface area contributed by atoms with E-state index in [0.29, 0.717) is 24.4 Å². The molecular weight excluding hydrogens is 546 g/mol. The maximum Gasteiger partial charge on any atom is 0.408 e. The molecule has 2 aromatic carbocycles. The van der Waals surface area contributed by atoms with Gasteiger partial charge in [0.25, 0.3) is 5.91 Å². The fourth-order valence-corrected chi connectivity index (χ4v) is 5.19. The van der Waals surface area contributed by atoms with Gasteiger partial charge in [-0.1, -0.05) is 82.0 Å². The van der Waals surface area contributed by atoms with Crippen molar-refractivity contribution in [3.8, 4) is 0 Å². The summed E-state index contributed by atoms with van der Waals surface area (Å²) in [4.78, 5) is 43.0. The Kier molecular flexibility index (Phi) is 15.0. The first-order valence-corrected chi connectivity index (χ1v) is 16.6. The molecule has 0 aliphatic heterocycles. The number of hydrogen-bond donors (Lipinski definition) is 2. The highest BCUT2D eigenvalue weighted by Crippen LogP contribution is 2.27. The topological polar surface area (TPSA) is 87.7 Å². The monoisotopic (exact) mass is 597 g/mol. The number of anilines is 1. The van der Waals surface area contributed by atoms with E-state index in [9.17, 15) is 14.4 Å². The summed E-state index contributed by atoms with van der Waals surface area (Å²) in [6, 6.07) is 13.8. The molecule has 2 N–H and O–H groups in total. The number of nitrogens with one attached hydrogen (secondary N) is 2. The van der Waals surface area contributed by atoms with E-state index < -0.39 is 23.8 Å². The Morgan fingerprint density at radius 2 is 1.62 bits per heavy atom. The SMILES string of the molecule is CCCCCCCN(C(=O)C(CCSC)NC(=O)OC(C)(C)C)C(C(=O)Nc1ccccc1C)c1ccc(CC)cc1. The minimum absolute atomic E-state index is 0.281. The van der Waals surface area contributed by atoms with Gasteiger partial charge in [0.2, 0.25) is 5.91 Å². The third-order valence-corrected chi connectivity index (χ3v) is 7.70. The second-order valence-corrected chi connectivity index (χ2v) is 12.7. The van der Waals surface area contributed by atoms with Gasteiger partial charge in [-0.05, 0) is 81.7 Å². The number of unbranched alkanes of at least 4 members (excludes halogenated alkanes) is 4. The number of carbonyl (C=O) groups excluding carboxylic acids is 3. The first kappa shape index (κ1) is 35.2. The molecule has 2 unspecified atom stereocenters. The van der Waals surface area contributed by atoms with Gasteiger partial charge in [0, 0.05) is 12.2 Å². The van der Waals surface area contributed by atoms with Crippen molar-refractivity contribution in [3.63, 3.8) is 0 Å². The number of alkyl carbamates (subject to hydrolysis) is 1. The third-order valence-electron chi connectivity index (χ3n) is 7.05. The molecule has 0 spiro atoms. The van der Waals surface area contributed by atoms with Crippen molar-refractivity contribution in [1.82, 2.24) is 10.2 Å². The molecule has 2 rings (SSSR count). The van der Waals surface area contributed by atoms with Crippen molar-refractivity contribution in [2.45, 2.75) is 104 Å². The van der Waals surface area contributed by atoms with Gasteiger partial charge in [-0.3, -0.25) is 9.59 Å². The van der Waals surface area contributed by atoms with Crippen LogP contribution in [-0.2, 0) is 20.7 Å². The molecule has 7 nitrogen and oxygen atoms in total. The molecule has 2 aromatic rings. The molecular formula is C34H51N3O4S. The Morgan fingerprint density at radius 3 is 2.21 bits per heavy atom. The van der Waals surface area contributed by atoms with Crippen LogP contribution in [0.5, 0.6) is 0 Å². The Balaban J connectivity index is 2.53. The lowest BCUT2D eigenvalue weighted by Crippen LogP contribution is -2.52. The summed E-state index contributed by atoms with van der Waals surface area (Å²) in [5.74, 6) is 0.105. The highest BCUT2D eigenvalue weighted by Gasteiger charge is 2.36. The van der Waals surface area contributed by atoms with Crippen molar-refractivity contribution >= 4 is 35.4 Å². The molecule has 232 valence electrons. The maximum atomic E-state index is 14.4. The first-order chi connectivity index (χ1) is 20.0. The number of amides is 3. The van der Waals surface area contributed by atoms with Crippen LogP contribution in [0.25, 0.3) is 0 Å². The number of carbonyl (C=O) groups is 3. The molecule has 0 saturated carbocycles. The minimum Gasteiger partial charge on any atom is -0.444 e. The second-order valence-electron chi connectivity index (χ2n) is 11.7. The summed E-state index contributed by atoms with van der Waals surface area (Å²) in [5, 5.41) is 5.91. The number of benzene rings is 2. The molecule has 0 aliphatic carbocycles. The summed E-state index contributed by atoms with van der Waals surface area (Å²) in [7, 11) is 0. The lowest BCUT2D eigenvalue weighted by molar-refractivity contribution is -0.141. The van der Waals surface area contributed by atoms with E-state index in [1.807, 2.05) is 61.7 Å². The highest BCUT2D eigenvalue weighted by molar-refractivity contribution is 7.98. The third kappa shape index (κ3) is 11.7. The van der Waals surface area contributed by atoms with E-state index in [0.717, 1.165) is 55.2 Å². The molecule has 0 saturated heterocycles. The lowest BCUT2D eigenvalue weighted by atomic mass is 9.99. The first-order valence-electron chi connectivity index (χ1n) is 15.2. The Morgan fingerprint density at radius 1 is 0.952 bits per heavy atom. The van der Waals surface area contributed by atoms with Crippen LogP contribution in [0.1, 0.15) is 95.9 Å². The Hall–Kier alpha value is -3.00. The number of aryl methyl sites for hydroxylation is 2. The molecule has 42 heavy (non-hydrogen) atoms. The van der Waals surface area contributed by atoms with E-state index >= 15 is 0 Å². The zero-order valence-electron chi connectivity index (χ0n) is 26.6. The minimum atomic E-state index is -0.869. The largest absolute Gasteiger partial charge is 0.444 e. The molecule has 0 bridgehead atoms. The van der Waals surface area contributed by atoms with Crippen molar-refractivity contribution < 1.29 is 19.1 Å². The van der Waals surface area contributed by atoms with Crippen molar-refractivity contribution in [2.75, 3.05) is 23.9 Å². The van der Waals surface area contributed by atoms with E-state index in [4.69, 9.17) is 4.74 Å². The summed E-state index contributed by atoms with van der Waals surface area (Å²) in [6.07, 6.45) is 7.64. The number of nitrogens with zero attached hydrogens (tertiary/aromatic N) is 1. The van der Waals surface area contributed by atoms with E-state index in [-0.39, 0.29) is 11.8 Å². The molecule has 0 radical (unpaired) electrons. The fourth-order valence-electron chi connectivity index (χ4n) is 4.72. The molecule has 8 heteroatoms. The zero-order chi connectivity index (χ0) is 31.1. The van der Waals surface area contributed by atoms with Gasteiger partial charge >= 0.3 is 6.09 Å². The average Bonchev–Trinajstić information content (AvgIpc) is 2.94. The van der Waals surface area contributed by atoms with Crippen LogP contribution < -0.4 is 10.6 Å². The molecule has 0 aromatic heterocycles. The predicted octanol–water partition coefficient (Wildman–Crippen LogP) is 7.68. The van der Waals surface area contributed by atoms with Crippen molar-refractivity contribution in [1.29, 1.82) is 0 Å². The average molecular weight is 598 g/mol. The van der Waals surface area contributed by atoms with Crippen molar-refractivity contribution in [3.05, 3.63) is 65.2 Å². The quantitative estimate of drug-likeness (QED) is 0.194. The molecule has 0 heterocycles. The van der Waals surface area contributed by atoms with Crippen LogP contribution in [-0.4, -0.2) is 53.0 Å². The number of thioether (sulfide) groups is 1.